The molecule has 0 aromatic heterocycles. The molecule has 0 spiro atoms. The Labute approximate surface area is 368 Å². The van der Waals surface area contributed by atoms with Gasteiger partial charge in [0, 0.05) is 26.7 Å². The Balaban J connectivity index is 0.000000217. The first kappa shape index (κ1) is 48.1. The van der Waals surface area contributed by atoms with E-state index in [1.165, 1.54) is 73.8 Å². The maximum absolute atomic E-state index is 12.7. The standard InChI is InChI=1S/C20H14ClNO5S.C13H9BrClNO3S.C8H9BO4/c21-17-10-9-16(11-18(17)28(22,26)27)19(23)14-5-1-12(2-6-14)13-3-7-15(8-4-13)20(24)25;14-10-4-1-8(2-5-10)13(17)9-3-6-11(15)12(7-9)20(16,18)19;1-13-8(10)6-2-4-7(5-3-6)9(11)12/h1-11H,(H,24,25)(H2,22,26,27);1-7H,(H2,16,18,19);2-5,11-12H,1H3. The molecule has 14 nitrogen and oxygen atoms in total. The van der Waals surface area contributed by atoms with Gasteiger partial charge in [-0.05, 0) is 102 Å². The summed E-state index contributed by atoms with van der Waals surface area (Å²) in [7, 11) is -8.24. The fourth-order valence-corrected chi connectivity index (χ4v) is 7.60. The van der Waals surface area contributed by atoms with E-state index < -0.39 is 39.1 Å². The Morgan fingerprint density at radius 1 is 0.557 bits per heavy atom. The second-order valence-electron chi connectivity index (χ2n) is 12.5. The third kappa shape index (κ3) is 13.2. The van der Waals surface area contributed by atoms with Gasteiger partial charge < -0.3 is 19.9 Å². The zero-order chi connectivity index (χ0) is 45.2. The van der Waals surface area contributed by atoms with Crippen molar-refractivity contribution in [2.75, 3.05) is 7.11 Å². The highest BCUT2D eigenvalue weighted by Crippen LogP contribution is 2.26. The molecule has 6 aromatic carbocycles. The average molecular weight is 970 g/mol. The number of aromatic carboxylic acids is 1. The number of rotatable bonds is 10. The molecule has 0 bridgehead atoms. The lowest BCUT2D eigenvalue weighted by molar-refractivity contribution is 0.0599. The van der Waals surface area contributed by atoms with Crippen molar-refractivity contribution in [2.24, 2.45) is 10.3 Å². The van der Waals surface area contributed by atoms with Crippen molar-refractivity contribution in [1.29, 1.82) is 0 Å². The van der Waals surface area contributed by atoms with E-state index in [2.05, 4.69) is 20.7 Å². The van der Waals surface area contributed by atoms with Crippen molar-refractivity contribution < 1.29 is 55.9 Å². The van der Waals surface area contributed by atoms with Crippen molar-refractivity contribution >= 4 is 95.3 Å². The molecule has 6 aromatic rings. The molecule has 20 heteroatoms. The predicted molar refractivity (Wildman–Crippen MR) is 233 cm³/mol. The zero-order valence-corrected chi connectivity index (χ0v) is 36.1. The van der Waals surface area contributed by atoms with E-state index in [9.17, 15) is 36.0 Å². The number of sulfonamides is 2. The fourth-order valence-electron chi connectivity index (χ4n) is 5.19. The molecule has 6 rings (SSSR count). The largest absolute Gasteiger partial charge is 0.488 e. The van der Waals surface area contributed by atoms with Crippen LogP contribution in [0.2, 0.25) is 10.0 Å². The Morgan fingerprint density at radius 3 is 1.25 bits per heavy atom. The van der Waals surface area contributed by atoms with Crippen LogP contribution < -0.4 is 15.7 Å². The maximum Gasteiger partial charge on any atom is 0.488 e. The highest BCUT2D eigenvalue weighted by molar-refractivity contribution is 9.10. The van der Waals surface area contributed by atoms with E-state index in [1.54, 1.807) is 60.7 Å². The summed E-state index contributed by atoms with van der Waals surface area (Å²) in [5.74, 6) is -2.14. The minimum absolute atomic E-state index is 0.0140. The first-order chi connectivity index (χ1) is 28.6. The minimum Gasteiger partial charge on any atom is -0.478 e. The van der Waals surface area contributed by atoms with Crippen LogP contribution in [0.15, 0.2) is 148 Å². The lowest BCUT2D eigenvalue weighted by Crippen LogP contribution is -2.29. The Hall–Kier alpha value is -5.54. The quantitative estimate of drug-likeness (QED) is 0.0628. The summed E-state index contributed by atoms with van der Waals surface area (Å²) in [5.41, 5.74) is 3.66. The Morgan fingerprint density at radius 2 is 0.902 bits per heavy atom. The number of carboxylic acids is 1. The molecule has 0 saturated heterocycles. The van der Waals surface area contributed by atoms with Gasteiger partial charge >= 0.3 is 19.1 Å². The monoisotopic (exact) mass is 968 g/mol. The molecule has 0 unspecified atom stereocenters. The van der Waals surface area contributed by atoms with Crippen molar-refractivity contribution in [2.45, 2.75) is 9.79 Å². The lowest BCUT2D eigenvalue weighted by atomic mass is 9.80. The number of primary sulfonamides is 2. The van der Waals surface area contributed by atoms with E-state index >= 15 is 0 Å². The van der Waals surface area contributed by atoms with E-state index in [1.807, 2.05) is 0 Å². The van der Waals surface area contributed by atoms with Gasteiger partial charge in [0.05, 0.1) is 28.3 Å². The smallest absolute Gasteiger partial charge is 0.478 e. The van der Waals surface area contributed by atoms with Gasteiger partial charge in [0.25, 0.3) is 0 Å². The first-order valence-corrected chi connectivity index (χ1v) is 21.7. The summed E-state index contributed by atoms with van der Waals surface area (Å²) >= 11 is 14.9. The molecular weight excluding hydrogens is 938 g/mol. The maximum atomic E-state index is 12.7. The highest BCUT2D eigenvalue weighted by Gasteiger charge is 2.19. The van der Waals surface area contributed by atoms with Crippen LogP contribution in [0.1, 0.15) is 52.6 Å². The minimum atomic E-state index is -4.05. The molecule has 0 radical (unpaired) electrons. The molecule has 0 amide bonds. The van der Waals surface area contributed by atoms with E-state index in [0.29, 0.717) is 22.2 Å². The Kier molecular flexibility index (Phi) is 16.4. The number of ketones is 2. The summed E-state index contributed by atoms with van der Waals surface area (Å²) < 4.78 is 51.2. The summed E-state index contributed by atoms with van der Waals surface area (Å²) in [6.07, 6.45) is 0. The molecule has 0 saturated carbocycles. The molecule has 314 valence electrons. The fraction of sp³-hybridized carbons (Fsp3) is 0.0244. The number of esters is 1. The zero-order valence-electron chi connectivity index (χ0n) is 31.4. The average Bonchev–Trinajstić information content (AvgIpc) is 3.23. The van der Waals surface area contributed by atoms with Gasteiger partial charge in [0.1, 0.15) is 9.79 Å². The predicted octanol–water partition coefficient (Wildman–Crippen LogP) is 5.72. The van der Waals surface area contributed by atoms with Crippen molar-refractivity contribution in [3.63, 3.8) is 0 Å². The summed E-state index contributed by atoms with van der Waals surface area (Å²) in [6.45, 7) is 0. The number of methoxy groups -OCH3 is 1. The summed E-state index contributed by atoms with van der Waals surface area (Å²) in [6, 6.07) is 33.5. The molecule has 7 N–H and O–H groups in total. The van der Waals surface area contributed by atoms with Gasteiger partial charge in [-0.3, -0.25) is 9.59 Å². The first-order valence-electron chi connectivity index (χ1n) is 17.1. The number of benzene rings is 6. The second-order valence-corrected chi connectivity index (χ2v) is 17.3. The van der Waals surface area contributed by atoms with Crippen LogP contribution in [0.3, 0.4) is 0 Å². The number of nitrogens with two attached hydrogens (primary N) is 2. The lowest BCUT2D eigenvalue weighted by Gasteiger charge is -2.07. The van der Waals surface area contributed by atoms with Crippen LogP contribution in [0.4, 0.5) is 0 Å². The number of carboxylic acid groups (broad SMARTS) is 1. The third-order valence-corrected chi connectivity index (χ3v) is 11.7. The van der Waals surface area contributed by atoms with Crippen molar-refractivity contribution in [3.8, 4) is 11.1 Å². The van der Waals surface area contributed by atoms with Crippen LogP contribution in [0, 0.1) is 0 Å². The molecule has 61 heavy (non-hydrogen) atoms. The molecule has 0 fully saturated rings. The van der Waals surface area contributed by atoms with Crippen LogP contribution in [-0.2, 0) is 24.8 Å². The molecule has 0 atom stereocenters. The van der Waals surface area contributed by atoms with E-state index in [4.69, 9.17) is 48.6 Å². The van der Waals surface area contributed by atoms with Gasteiger partial charge in [-0.25, -0.2) is 36.7 Å². The number of carbonyl (C=O) groups excluding carboxylic acids is 3. The molecule has 0 heterocycles. The topological polar surface area (TPSA) is 259 Å². The van der Waals surface area contributed by atoms with Gasteiger partial charge in [-0.15, -0.1) is 0 Å². The molecule has 0 aliphatic rings. The van der Waals surface area contributed by atoms with Crippen molar-refractivity contribution in [3.05, 3.63) is 181 Å². The van der Waals surface area contributed by atoms with Crippen LogP contribution in [0.25, 0.3) is 11.1 Å². The van der Waals surface area contributed by atoms with Gasteiger partial charge in [0.15, 0.2) is 11.6 Å². The van der Waals surface area contributed by atoms with Crippen LogP contribution in [-0.4, -0.2) is 69.7 Å². The van der Waals surface area contributed by atoms with Gasteiger partial charge in [-0.1, -0.05) is 87.7 Å². The summed E-state index contributed by atoms with van der Waals surface area (Å²) in [4.78, 5) is 46.2. The molecule has 0 aliphatic carbocycles. The van der Waals surface area contributed by atoms with Crippen LogP contribution in [0.5, 0.6) is 0 Å². The van der Waals surface area contributed by atoms with Gasteiger partial charge in [0.2, 0.25) is 20.0 Å². The summed E-state index contributed by atoms with van der Waals surface area (Å²) in [5, 5.41) is 36.6. The number of halogens is 3. The molecular formula is C41H32BBrCl2N2O12S2. The van der Waals surface area contributed by atoms with E-state index in [0.717, 1.165) is 21.7 Å². The van der Waals surface area contributed by atoms with E-state index in [-0.39, 0.29) is 48.1 Å². The Bertz CT molecular complexity index is 2810. The highest BCUT2D eigenvalue weighted by atomic mass is 79.9. The number of carbonyl (C=O) groups is 4. The number of hydrogen-bond acceptors (Lipinski definition) is 11. The van der Waals surface area contributed by atoms with Crippen LogP contribution >= 0.6 is 39.1 Å². The number of hydrogen-bond donors (Lipinski definition) is 5. The number of ether oxygens (including phenoxy) is 1. The third-order valence-electron chi connectivity index (χ3n) is 8.35. The van der Waals surface area contributed by atoms with Gasteiger partial charge in [-0.2, -0.15) is 0 Å². The molecule has 0 aliphatic heterocycles. The second kappa shape index (κ2) is 20.8. The normalized spacial score (nSPS) is 10.9. The van der Waals surface area contributed by atoms with Crippen molar-refractivity contribution in [1.82, 2.24) is 0 Å². The SMILES string of the molecule is COC(=O)c1ccc(B(O)O)cc1.NS(=O)(=O)c1cc(C(=O)c2ccc(-c3ccc(C(=O)O)cc3)cc2)ccc1Cl.NS(=O)(=O)c1cc(C(=O)c2ccc(Br)cc2)ccc1Cl.